The minimum absolute atomic E-state index is 0.170. The maximum Gasteiger partial charge on any atom is 0.243 e. The summed E-state index contributed by atoms with van der Waals surface area (Å²) >= 11 is 2.92. The van der Waals surface area contributed by atoms with Crippen molar-refractivity contribution < 1.29 is 33.7 Å². The Labute approximate surface area is 379 Å². The molecule has 0 aromatic heterocycles. The smallest absolute Gasteiger partial charge is 0.207 e. The number of sulfonamides is 4. The van der Waals surface area contributed by atoms with Crippen LogP contribution in [0.2, 0.25) is 0 Å². The van der Waals surface area contributed by atoms with Crippen molar-refractivity contribution in [2.45, 2.75) is 73.0 Å². The third kappa shape index (κ3) is 13.6. The fourth-order valence-electron chi connectivity index (χ4n) is 6.87. The molecule has 18 heteroatoms. The molecule has 0 aliphatic carbocycles. The molecule has 12 nitrogen and oxygen atoms in total. The molecule has 0 amide bonds. The Balaban J connectivity index is 1.40. The van der Waals surface area contributed by atoms with Crippen LogP contribution in [0.1, 0.15) is 47.9 Å². The van der Waals surface area contributed by atoms with Crippen LogP contribution in [-0.2, 0) is 40.1 Å². The lowest BCUT2D eigenvalue weighted by Gasteiger charge is -2.26. The second-order valence-corrected chi connectivity index (χ2v) is 25.7. The van der Waals surface area contributed by atoms with Crippen molar-refractivity contribution >= 4 is 63.6 Å². The van der Waals surface area contributed by atoms with Crippen LogP contribution in [0.5, 0.6) is 0 Å². The van der Waals surface area contributed by atoms with E-state index in [1.54, 1.807) is 97.1 Å². The summed E-state index contributed by atoms with van der Waals surface area (Å²) in [5.41, 5.74) is 3.72. The number of thioether (sulfide) groups is 2. The van der Waals surface area contributed by atoms with E-state index in [1.165, 1.54) is 40.7 Å². The van der Waals surface area contributed by atoms with Crippen LogP contribution in [0.15, 0.2) is 117 Å². The van der Waals surface area contributed by atoms with Gasteiger partial charge in [0.05, 0.1) is 19.6 Å². The Bertz CT molecular complexity index is 2140. The van der Waals surface area contributed by atoms with Gasteiger partial charge in [0, 0.05) is 75.4 Å². The summed E-state index contributed by atoms with van der Waals surface area (Å²) < 4.78 is 118. The van der Waals surface area contributed by atoms with E-state index in [0.29, 0.717) is 48.7 Å². The summed E-state index contributed by atoms with van der Waals surface area (Å²) in [6, 6.07) is 26.8. The van der Waals surface area contributed by atoms with E-state index < -0.39 is 40.1 Å². The highest BCUT2D eigenvalue weighted by molar-refractivity contribution is 7.99. The first-order chi connectivity index (χ1) is 29.4. The van der Waals surface area contributed by atoms with Crippen LogP contribution >= 0.6 is 23.5 Å². The van der Waals surface area contributed by atoms with Gasteiger partial charge in [-0.3, -0.25) is 0 Å². The van der Waals surface area contributed by atoms with Gasteiger partial charge in [-0.15, -0.1) is 0 Å². The first kappa shape index (κ1) is 50.2. The molecule has 5 rings (SSSR count). The predicted molar refractivity (Wildman–Crippen MR) is 253 cm³/mol. The summed E-state index contributed by atoms with van der Waals surface area (Å²) in [6.45, 7) is 8.95. The van der Waals surface area contributed by atoms with Gasteiger partial charge in [0.15, 0.2) is 0 Å². The van der Waals surface area contributed by atoms with Gasteiger partial charge < -0.3 is 0 Å². The van der Waals surface area contributed by atoms with Crippen molar-refractivity contribution in [3.8, 4) is 0 Å². The maximum absolute atomic E-state index is 14.0. The number of hydrogen-bond acceptors (Lipinski definition) is 10. The standard InChI is InChI=1S/C44H60N4O8S6/c1-37-9-17-41(18-10-37)59(49,50)45-25-5-6-26-46(60(51,52)42-19-11-38(2)12-20-42)31-35-58-36-32-48(62(55,56)44-23-15-40(4)16-24-44)28-8-7-27-47(30-34-57-33-29-45)61(53,54)43-21-13-39(3)14-22-43/h9-24H,5-8,25-36H2,1-4H3. The van der Waals surface area contributed by atoms with E-state index in [1.807, 2.05) is 27.7 Å². The molecular weight excluding hydrogens is 905 g/mol. The SMILES string of the molecule is Cc1ccc(S(=O)(=O)N2CCCCN(S(=O)(=O)c3ccc(C)cc3)CCSCCN(S(=O)(=O)c3ccc(C)cc3)CCCCN(S(=O)(=O)c3ccc(C)cc3)CCSCC2)cc1. The quantitative estimate of drug-likeness (QED) is 0.180. The molecule has 4 aromatic carbocycles. The molecule has 1 saturated heterocycles. The van der Waals surface area contributed by atoms with Crippen LogP contribution in [-0.4, -0.2) is 126 Å². The molecule has 1 aliphatic rings. The molecular formula is C44H60N4O8S6. The van der Waals surface area contributed by atoms with Gasteiger partial charge in [-0.2, -0.15) is 40.7 Å². The molecule has 1 fully saturated rings. The van der Waals surface area contributed by atoms with Crippen molar-refractivity contribution in [2.24, 2.45) is 0 Å². The predicted octanol–water partition coefficient (Wildman–Crippen LogP) is 7.02. The van der Waals surface area contributed by atoms with Crippen molar-refractivity contribution in [3.63, 3.8) is 0 Å². The Kier molecular flexibility index (Phi) is 18.6. The van der Waals surface area contributed by atoms with E-state index in [-0.39, 0.29) is 71.9 Å². The lowest BCUT2D eigenvalue weighted by molar-refractivity contribution is 0.381. The van der Waals surface area contributed by atoms with Gasteiger partial charge in [0.2, 0.25) is 40.1 Å². The maximum atomic E-state index is 14.0. The van der Waals surface area contributed by atoms with Crippen molar-refractivity contribution in [1.82, 2.24) is 17.2 Å². The zero-order valence-electron chi connectivity index (χ0n) is 36.1. The second-order valence-electron chi connectivity index (χ2n) is 15.5. The topological polar surface area (TPSA) is 150 Å². The van der Waals surface area contributed by atoms with Crippen molar-refractivity contribution in [3.05, 3.63) is 119 Å². The number of aryl methyl sites for hydroxylation is 4. The van der Waals surface area contributed by atoms with E-state index >= 15 is 0 Å². The molecule has 62 heavy (non-hydrogen) atoms. The molecule has 0 bridgehead atoms. The highest BCUT2D eigenvalue weighted by Crippen LogP contribution is 2.24. The van der Waals surface area contributed by atoms with E-state index in [0.717, 1.165) is 22.3 Å². The average molecular weight is 965 g/mol. The highest BCUT2D eigenvalue weighted by Gasteiger charge is 2.29. The number of rotatable bonds is 8. The Morgan fingerprint density at radius 2 is 0.484 bits per heavy atom. The summed E-state index contributed by atoms with van der Waals surface area (Å²) in [4.78, 5) is 0.706. The largest absolute Gasteiger partial charge is 0.243 e. The van der Waals surface area contributed by atoms with E-state index in [4.69, 9.17) is 0 Å². The Morgan fingerprint density at radius 1 is 0.306 bits per heavy atom. The monoisotopic (exact) mass is 964 g/mol. The van der Waals surface area contributed by atoms with Gasteiger partial charge >= 0.3 is 0 Å². The summed E-state index contributed by atoms with van der Waals surface area (Å²) in [6.07, 6.45) is 1.60. The highest BCUT2D eigenvalue weighted by atomic mass is 32.2. The Morgan fingerprint density at radius 3 is 0.661 bits per heavy atom. The fraction of sp³-hybridized carbons (Fsp3) is 0.455. The summed E-state index contributed by atoms with van der Waals surface area (Å²) in [7, 11) is -15.6. The fourth-order valence-corrected chi connectivity index (χ4v) is 15.1. The third-order valence-corrected chi connectivity index (χ3v) is 20.2. The number of nitrogens with zero attached hydrogens (tertiary/aromatic N) is 4. The Hall–Kier alpha value is -2.78. The van der Waals surface area contributed by atoms with Gasteiger partial charge in [-0.25, -0.2) is 33.7 Å². The molecule has 0 saturated carbocycles. The van der Waals surface area contributed by atoms with Gasteiger partial charge in [-0.1, -0.05) is 70.8 Å². The summed E-state index contributed by atoms with van der Waals surface area (Å²) in [5, 5.41) is 0. The van der Waals surface area contributed by atoms with Gasteiger partial charge in [0.1, 0.15) is 0 Å². The summed E-state index contributed by atoms with van der Waals surface area (Å²) in [5.74, 6) is 1.61. The second kappa shape index (κ2) is 22.9. The van der Waals surface area contributed by atoms with Crippen LogP contribution in [0, 0.1) is 27.7 Å². The zero-order valence-corrected chi connectivity index (χ0v) is 41.0. The molecule has 340 valence electrons. The van der Waals surface area contributed by atoms with Gasteiger partial charge in [0.25, 0.3) is 0 Å². The van der Waals surface area contributed by atoms with E-state index in [9.17, 15) is 33.7 Å². The lowest BCUT2D eigenvalue weighted by atomic mass is 10.2. The van der Waals surface area contributed by atoms with Crippen LogP contribution in [0.25, 0.3) is 0 Å². The average Bonchev–Trinajstić information content (AvgIpc) is 3.23. The minimum Gasteiger partial charge on any atom is -0.207 e. The normalized spacial score (nSPS) is 18.4. The molecule has 0 atom stereocenters. The minimum atomic E-state index is -3.89. The molecule has 1 aliphatic heterocycles. The van der Waals surface area contributed by atoms with Gasteiger partial charge in [-0.05, 0) is 102 Å². The first-order valence-corrected chi connectivity index (χ1v) is 28.9. The van der Waals surface area contributed by atoms with Crippen LogP contribution < -0.4 is 0 Å². The third-order valence-electron chi connectivity index (χ3n) is 10.7. The molecule has 4 aromatic rings. The molecule has 0 radical (unpaired) electrons. The lowest BCUT2D eigenvalue weighted by Crippen LogP contribution is -2.37. The number of benzene rings is 4. The van der Waals surface area contributed by atoms with Crippen molar-refractivity contribution in [2.75, 3.05) is 75.4 Å². The van der Waals surface area contributed by atoms with Crippen molar-refractivity contribution in [1.29, 1.82) is 0 Å². The van der Waals surface area contributed by atoms with Crippen LogP contribution in [0.4, 0.5) is 0 Å². The molecule has 0 unspecified atom stereocenters. The molecule has 1 heterocycles. The molecule has 0 N–H and O–H groups in total. The van der Waals surface area contributed by atoms with Crippen LogP contribution in [0.3, 0.4) is 0 Å². The van der Waals surface area contributed by atoms with E-state index in [2.05, 4.69) is 0 Å². The first-order valence-electron chi connectivity index (χ1n) is 20.9. The zero-order chi connectivity index (χ0) is 45.0. The number of hydrogen-bond donors (Lipinski definition) is 0. The molecule has 0 spiro atoms.